The molecule has 0 radical (unpaired) electrons. The molecule has 2 fully saturated rings. The number of quaternary nitrogens is 1. The molecule has 0 N–H and O–H groups in total. The van der Waals surface area contributed by atoms with Crippen LogP contribution in [-0.2, 0) is 4.74 Å². The molecule has 0 aliphatic carbocycles. The first-order chi connectivity index (χ1) is 10.1. The molecule has 2 aliphatic rings. The van der Waals surface area contributed by atoms with Gasteiger partial charge in [0.1, 0.15) is 25.3 Å². The predicted molar refractivity (Wildman–Crippen MR) is 86.2 cm³/mol. The van der Waals surface area contributed by atoms with Crippen LogP contribution < -0.4 is 0 Å². The van der Waals surface area contributed by atoms with E-state index in [1.807, 2.05) is 0 Å². The SMILES string of the molecule is CC1C[N+]2(CCN(C(C)c3ccccc3)CC2)CC(C)O1. The van der Waals surface area contributed by atoms with Gasteiger partial charge in [-0.2, -0.15) is 0 Å². The fraction of sp³-hybridized carbons (Fsp3) is 0.667. The average molecular weight is 289 g/mol. The number of piperazine rings is 1. The number of ether oxygens (including phenoxy) is 1. The third-order valence-corrected chi connectivity index (χ3v) is 5.31. The molecule has 3 heteroatoms. The fourth-order valence-electron chi connectivity index (χ4n) is 4.25. The smallest absolute Gasteiger partial charge is 0.105 e. The van der Waals surface area contributed by atoms with Gasteiger partial charge in [0, 0.05) is 19.1 Å². The molecule has 2 saturated heterocycles. The summed E-state index contributed by atoms with van der Waals surface area (Å²) in [6.45, 7) is 14.1. The fourth-order valence-corrected chi connectivity index (χ4v) is 4.25. The van der Waals surface area contributed by atoms with E-state index in [4.69, 9.17) is 4.74 Å². The standard InChI is InChI=1S/C18H29N2O/c1-15-13-20(14-16(2)21-15)11-9-19(10-12-20)17(3)18-7-5-4-6-8-18/h4-8,15-17H,9-14H2,1-3H3/q+1. The molecule has 0 saturated carbocycles. The number of rotatable bonds is 2. The Morgan fingerprint density at radius 2 is 1.62 bits per heavy atom. The van der Waals surface area contributed by atoms with Gasteiger partial charge in [-0.1, -0.05) is 30.3 Å². The van der Waals surface area contributed by atoms with Crippen LogP contribution in [0.25, 0.3) is 0 Å². The summed E-state index contributed by atoms with van der Waals surface area (Å²) in [7, 11) is 0. The van der Waals surface area contributed by atoms with Gasteiger partial charge < -0.3 is 9.22 Å². The summed E-state index contributed by atoms with van der Waals surface area (Å²) >= 11 is 0. The van der Waals surface area contributed by atoms with Gasteiger partial charge in [0.2, 0.25) is 0 Å². The highest BCUT2D eigenvalue weighted by molar-refractivity contribution is 5.18. The number of hydrogen-bond acceptors (Lipinski definition) is 2. The first-order valence-corrected chi connectivity index (χ1v) is 8.37. The third kappa shape index (κ3) is 3.31. The van der Waals surface area contributed by atoms with Gasteiger partial charge in [0.15, 0.2) is 0 Å². The van der Waals surface area contributed by atoms with Crippen molar-refractivity contribution in [2.24, 2.45) is 0 Å². The molecule has 116 valence electrons. The average Bonchev–Trinajstić information content (AvgIpc) is 2.47. The molecule has 2 heterocycles. The van der Waals surface area contributed by atoms with Crippen LogP contribution in [0.4, 0.5) is 0 Å². The van der Waals surface area contributed by atoms with E-state index in [1.54, 1.807) is 0 Å². The first-order valence-electron chi connectivity index (χ1n) is 8.37. The lowest BCUT2D eigenvalue weighted by atomic mass is 10.0. The van der Waals surface area contributed by atoms with Gasteiger partial charge in [-0.15, -0.1) is 0 Å². The van der Waals surface area contributed by atoms with Crippen molar-refractivity contribution in [3.8, 4) is 0 Å². The lowest BCUT2D eigenvalue weighted by Gasteiger charge is -2.50. The van der Waals surface area contributed by atoms with E-state index in [9.17, 15) is 0 Å². The zero-order chi connectivity index (χ0) is 14.9. The Hall–Kier alpha value is -0.900. The zero-order valence-electron chi connectivity index (χ0n) is 13.7. The molecule has 1 spiro atoms. The maximum absolute atomic E-state index is 5.93. The molecule has 1 aromatic carbocycles. The first kappa shape index (κ1) is 15.0. The number of benzene rings is 1. The normalized spacial score (nSPS) is 31.2. The van der Waals surface area contributed by atoms with Crippen LogP contribution in [0.5, 0.6) is 0 Å². The number of morpholine rings is 1. The minimum atomic E-state index is 0.409. The van der Waals surface area contributed by atoms with Crippen molar-refractivity contribution in [3.63, 3.8) is 0 Å². The summed E-state index contributed by atoms with van der Waals surface area (Å²) in [6.07, 6.45) is 0.818. The van der Waals surface area contributed by atoms with E-state index in [-0.39, 0.29) is 0 Å². The number of hydrogen-bond donors (Lipinski definition) is 0. The molecule has 1 aromatic rings. The minimum absolute atomic E-state index is 0.409. The predicted octanol–water partition coefficient (Wildman–Crippen LogP) is 2.69. The van der Waals surface area contributed by atoms with Crippen LogP contribution in [0.3, 0.4) is 0 Å². The highest BCUT2D eigenvalue weighted by atomic mass is 16.5. The van der Waals surface area contributed by atoms with Gasteiger partial charge in [-0.05, 0) is 26.3 Å². The second kappa shape index (κ2) is 6.07. The van der Waals surface area contributed by atoms with Crippen molar-refractivity contribution in [2.75, 3.05) is 39.3 Å². The zero-order valence-corrected chi connectivity index (χ0v) is 13.7. The van der Waals surface area contributed by atoms with Gasteiger partial charge >= 0.3 is 0 Å². The topological polar surface area (TPSA) is 12.5 Å². The maximum Gasteiger partial charge on any atom is 0.105 e. The highest BCUT2D eigenvalue weighted by Crippen LogP contribution is 2.27. The van der Waals surface area contributed by atoms with Crippen LogP contribution >= 0.6 is 0 Å². The van der Waals surface area contributed by atoms with Gasteiger partial charge in [0.25, 0.3) is 0 Å². The second-order valence-corrected chi connectivity index (χ2v) is 7.03. The largest absolute Gasteiger partial charge is 0.364 e. The van der Waals surface area contributed by atoms with Crippen molar-refractivity contribution in [3.05, 3.63) is 35.9 Å². The van der Waals surface area contributed by atoms with Crippen molar-refractivity contribution >= 4 is 0 Å². The summed E-state index contributed by atoms with van der Waals surface area (Å²) in [5.41, 5.74) is 1.44. The molecule has 3 atom stereocenters. The Morgan fingerprint density at radius 3 is 2.19 bits per heavy atom. The molecule has 0 amide bonds. The summed E-state index contributed by atoms with van der Waals surface area (Å²) in [6, 6.07) is 11.4. The van der Waals surface area contributed by atoms with Gasteiger partial charge in [0.05, 0.1) is 13.1 Å². The second-order valence-electron chi connectivity index (χ2n) is 7.03. The molecule has 3 rings (SSSR count). The Labute approximate surface area is 129 Å². The van der Waals surface area contributed by atoms with Crippen LogP contribution in [0.2, 0.25) is 0 Å². The Bertz CT molecular complexity index is 442. The van der Waals surface area contributed by atoms with Crippen LogP contribution in [0.1, 0.15) is 32.4 Å². The van der Waals surface area contributed by atoms with Crippen LogP contribution in [0, 0.1) is 0 Å². The van der Waals surface area contributed by atoms with E-state index in [0.717, 1.165) is 0 Å². The van der Waals surface area contributed by atoms with Crippen molar-refractivity contribution < 1.29 is 9.22 Å². The van der Waals surface area contributed by atoms with E-state index in [2.05, 4.69) is 56.0 Å². The molecule has 3 nitrogen and oxygen atoms in total. The van der Waals surface area contributed by atoms with Crippen molar-refractivity contribution in [1.82, 2.24) is 4.90 Å². The van der Waals surface area contributed by atoms with E-state index >= 15 is 0 Å². The van der Waals surface area contributed by atoms with E-state index < -0.39 is 0 Å². The lowest BCUT2D eigenvalue weighted by molar-refractivity contribution is -0.945. The molecule has 2 aliphatic heterocycles. The quantitative estimate of drug-likeness (QED) is 0.776. The van der Waals surface area contributed by atoms with E-state index in [1.165, 1.54) is 49.3 Å². The molecular weight excluding hydrogens is 260 g/mol. The summed E-state index contributed by atoms with van der Waals surface area (Å²) in [5.74, 6) is 0. The van der Waals surface area contributed by atoms with Crippen LogP contribution in [0.15, 0.2) is 30.3 Å². The Kier molecular flexibility index (Phi) is 4.34. The molecular formula is C18H29N2O+. The summed E-state index contributed by atoms with van der Waals surface area (Å²) in [5, 5.41) is 0. The number of nitrogens with zero attached hydrogens (tertiary/aromatic N) is 2. The van der Waals surface area contributed by atoms with E-state index in [0.29, 0.717) is 18.2 Å². The maximum atomic E-state index is 5.93. The molecule has 21 heavy (non-hydrogen) atoms. The van der Waals surface area contributed by atoms with Gasteiger partial charge in [-0.25, -0.2) is 0 Å². The van der Waals surface area contributed by atoms with Gasteiger partial charge in [-0.3, -0.25) is 4.90 Å². The third-order valence-electron chi connectivity index (χ3n) is 5.31. The monoisotopic (exact) mass is 289 g/mol. The molecule has 0 aromatic heterocycles. The molecule has 0 bridgehead atoms. The Morgan fingerprint density at radius 1 is 1.05 bits per heavy atom. The minimum Gasteiger partial charge on any atom is -0.364 e. The molecule has 3 unspecified atom stereocenters. The highest BCUT2D eigenvalue weighted by Gasteiger charge is 2.40. The Balaban J connectivity index is 1.62. The van der Waals surface area contributed by atoms with Crippen molar-refractivity contribution in [1.29, 1.82) is 0 Å². The summed E-state index contributed by atoms with van der Waals surface area (Å²) in [4.78, 5) is 2.64. The lowest BCUT2D eigenvalue weighted by Crippen LogP contribution is -2.66. The summed E-state index contributed by atoms with van der Waals surface area (Å²) < 4.78 is 7.19. The van der Waals surface area contributed by atoms with Crippen LogP contribution in [-0.4, -0.2) is 60.9 Å². The van der Waals surface area contributed by atoms with Crippen molar-refractivity contribution in [2.45, 2.75) is 39.0 Å².